The Bertz CT molecular complexity index is 1220. The van der Waals surface area contributed by atoms with Crippen LogP contribution < -0.4 is 5.32 Å². The van der Waals surface area contributed by atoms with E-state index in [1.807, 2.05) is 13.8 Å². The second-order valence-electron chi connectivity index (χ2n) is 8.35. The predicted molar refractivity (Wildman–Crippen MR) is 126 cm³/mol. The summed E-state index contributed by atoms with van der Waals surface area (Å²) in [5.74, 6) is -0.679. The topological polar surface area (TPSA) is 79.3 Å². The smallest absolute Gasteiger partial charge is 0.416 e. The van der Waals surface area contributed by atoms with Crippen LogP contribution in [0, 0.1) is 6.92 Å². The van der Waals surface area contributed by atoms with Crippen LogP contribution in [0.3, 0.4) is 0 Å². The highest BCUT2D eigenvalue weighted by atomic mass is 32.1. The van der Waals surface area contributed by atoms with Gasteiger partial charge in [0, 0.05) is 35.5 Å². The van der Waals surface area contributed by atoms with Gasteiger partial charge in [0.1, 0.15) is 10.8 Å². The first-order valence-electron chi connectivity index (χ1n) is 10.7. The minimum absolute atomic E-state index is 0.0668. The molecule has 5 nitrogen and oxygen atoms in total. The second kappa shape index (κ2) is 9.97. The molecule has 0 aliphatic heterocycles. The normalized spacial score (nSPS) is 11.6. The molecule has 0 bridgehead atoms. The quantitative estimate of drug-likeness (QED) is 0.360. The number of ketones is 1. The fraction of sp³-hybridized carbons (Fsp3) is 0.320. The Labute approximate surface area is 199 Å². The molecule has 0 saturated heterocycles. The van der Waals surface area contributed by atoms with Gasteiger partial charge in [0.2, 0.25) is 5.91 Å². The molecule has 2 N–H and O–H groups in total. The lowest BCUT2D eigenvalue weighted by Crippen LogP contribution is -2.09. The van der Waals surface area contributed by atoms with Crippen molar-refractivity contribution in [1.29, 1.82) is 0 Å². The van der Waals surface area contributed by atoms with E-state index in [2.05, 4.69) is 10.3 Å². The predicted octanol–water partition coefficient (Wildman–Crippen LogP) is 6.74. The average molecular weight is 491 g/mol. The molecule has 34 heavy (non-hydrogen) atoms. The Balaban J connectivity index is 1.81. The van der Waals surface area contributed by atoms with E-state index in [0.29, 0.717) is 28.2 Å². The van der Waals surface area contributed by atoms with Gasteiger partial charge in [-0.15, -0.1) is 11.3 Å². The van der Waals surface area contributed by atoms with E-state index in [4.69, 9.17) is 0 Å². The van der Waals surface area contributed by atoms with Gasteiger partial charge in [0.15, 0.2) is 5.78 Å². The number of nitrogens with one attached hydrogen (secondary N) is 1. The van der Waals surface area contributed by atoms with Crippen LogP contribution in [0.25, 0.3) is 10.6 Å². The standard InChI is InChI=1S/C25H25F3N2O3S/c1-13(2)23-22(34-24(30-23)16-5-7-17(8-6-16)25(26,27)28)10-9-20(32)18-11-14(3)19(12-21(18)33)29-15(4)31/h5-8,11-13,33H,9-10H2,1-4H3,(H,29,31). The third-order valence-corrected chi connectivity index (χ3v) is 6.45. The van der Waals surface area contributed by atoms with Crippen molar-refractivity contribution in [3.05, 3.63) is 63.7 Å². The number of alkyl halides is 3. The summed E-state index contributed by atoms with van der Waals surface area (Å²) >= 11 is 1.35. The van der Waals surface area contributed by atoms with Crippen molar-refractivity contribution in [3.63, 3.8) is 0 Å². The number of anilines is 1. The number of hydrogen-bond acceptors (Lipinski definition) is 5. The average Bonchev–Trinajstić information content (AvgIpc) is 3.18. The van der Waals surface area contributed by atoms with E-state index in [1.165, 1.54) is 36.5 Å². The SMILES string of the molecule is CC(=O)Nc1cc(O)c(C(=O)CCc2sc(-c3ccc(C(F)(F)F)cc3)nc2C(C)C)cc1C. The Hall–Kier alpha value is -3.20. The highest BCUT2D eigenvalue weighted by molar-refractivity contribution is 7.15. The van der Waals surface area contributed by atoms with Gasteiger partial charge in [0.05, 0.1) is 16.8 Å². The lowest BCUT2D eigenvalue weighted by molar-refractivity contribution is -0.137. The number of carbonyl (C=O) groups excluding carboxylic acids is 2. The molecule has 1 heterocycles. The second-order valence-corrected chi connectivity index (χ2v) is 9.43. The minimum atomic E-state index is -4.40. The first-order chi connectivity index (χ1) is 15.9. The number of halogens is 3. The molecule has 0 fully saturated rings. The van der Waals surface area contributed by atoms with Crippen LogP contribution in [-0.4, -0.2) is 21.8 Å². The summed E-state index contributed by atoms with van der Waals surface area (Å²) in [6.45, 7) is 7.02. The molecule has 0 aliphatic carbocycles. The first kappa shape index (κ1) is 25.4. The first-order valence-corrected chi connectivity index (χ1v) is 11.5. The molecule has 0 unspecified atom stereocenters. The van der Waals surface area contributed by atoms with Crippen molar-refractivity contribution in [1.82, 2.24) is 4.98 Å². The van der Waals surface area contributed by atoms with Crippen molar-refractivity contribution in [2.45, 2.75) is 52.6 Å². The fourth-order valence-corrected chi connectivity index (χ4v) is 4.75. The summed E-state index contributed by atoms with van der Waals surface area (Å²) < 4.78 is 38.6. The van der Waals surface area contributed by atoms with Gasteiger partial charge >= 0.3 is 6.18 Å². The maximum Gasteiger partial charge on any atom is 0.416 e. The van der Waals surface area contributed by atoms with E-state index in [-0.39, 0.29) is 35.3 Å². The van der Waals surface area contributed by atoms with Crippen molar-refractivity contribution in [2.75, 3.05) is 5.32 Å². The number of phenolic OH excluding ortho intramolecular Hbond substituents is 1. The van der Waals surface area contributed by atoms with E-state index >= 15 is 0 Å². The van der Waals surface area contributed by atoms with Gasteiger partial charge in [0.25, 0.3) is 0 Å². The van der Waals surface area contributed by atoms with E-state index in [9.17, 15) is 27.9 Å². The maximum atomic E-state index is 12.9. The Morgan fingerprint density at radius 3 is 2.35 bits per heavy atom. The molecule has 1 amide bonds. The molecule has 180 valence electrons. The van der Waals surface area contributed by atoms with Crippen molar-refractivity contribution >= 4 is 28.7 Å². The molecule has 0 saturated carbocycles. The molecular weight excluding hydrogens is 465 g/mol. The Morgan fingerprint density at radius 2 is 1.79 bits per heavy atom. The summed E-state index contributed by atoms with van der Waals surface area (Å²) in [5, 5.41) is 13.5. The number of phenols is 1. The number of rotatable bonds is 7. The molecule has 9 heteroatoms. The number of benzene rings is 2. The van der Waals surface area contributed by atoms with Gasteiger partial charge in [-0.2, -0.15) is 13.2 Å². The van der Waals surface area contributed by atoms with Crippen molar-refractivity contribution in [2.24, 2.45) is 0 Å². The number of nitrogens with zero attached hydrogens (tertiary/aromatic N) is 1. The molecule has 1 aromatic heterocycles. The maximum absolute atomic E-state index is 12.9. The number of carbonyl (C=O) groups is 2. The van der Waals surface area contributed by atoms with Gasteiger partial charge in [-0.05, 0) is 43.0 Å². The van der Waals surface area contributed by atoms with E-state index in [0.717, 1.165) is 22.7 Å². The molecule has 0 atom stereocenters. The van der Waals surface area contributed by atoms with E-state index < -0.39 is 11.7 Å². The zero-order chi connectivity index (χ0) is 25.2. The number of aryl methyl sites for hydroxylation is 2. The zero-order valence-corrected chi connectivity index (χ0v) is 20.0. The van der Waals surface area contributed by atoms with E-state index in [1.54, 1.807) is 13.0 Å². The number of hydrogen-bond donors (Lipinski definition) is 2. The lowest BCUT2D eigenvalue weighted by atomic mass is 10.00. The van der Waals surface area contributed by atoms with Crippen LogP contribution >= 0.6 is 11.3 Å². The summed E-state index contributed by atoms with van der Waals surface area (Å²) in [5.41, 5.74) is 1.93. The minimum Gasteiger partial charge on any atom is -0.507 e. The summed E-state index contributed by atoms with van der Waals surface area (Å²) in [7, 11) is 0. The van der Waals surface area contributed by atoms with Crippen LogP contribution in [0.1, 0.15) is 65.2 Å². The van der Waals surface area contributed by atoms with Crippen LogP contribution in [0.4, 0.5) is 18.9 Å². The van der Waals surface area contributed by atoms with Gasteiger partial charge in [-0.3, -0.25) is 9.59 Å². The van der Waals surface area contributed by atoms with Gasteiger partial charge in [-0.25, -0.2) is 4.98 Å². The molecular formula is C25H25F3N2O3S. The third-order valence-electron chi connectivity index (χ3n) is 5.27. The Morgan fingerprint density at radius 1 is 1.15 bits per heavy atom. The number of Topliss-reactive ketones (excluding diaryl/α,β-unsaturated/α-hetero) is 1. The third kappa shape index (κ3) is 5.83. The largest absolute Gasteiger partial charge is 0.507 e. The summed E-state index contributed by atoms with van der Waals surface area (Å²) in [6.07, 6.45) is -3.89. The number of aromatic hydroxyl groups is 1. The van der Waals surface area contributed by atoms with Crippen molar-refractivity contribution in [3.8, 4) is 16.3 Å². The molecule has 3 aromatic rings. The van der Waals surface area contributed by atoms with Crippen LogP contribution in [-0.2, 0) is 17.4 Å². The number of aromatic nitrogens is 1. The zero-order valence-electron chi connectivity index (χ0n) is 19.2. The molecule has 0 spiro atoms. The lowest BCUT2D eigenvalue weighted by Gasteiger charge is -2.11. The van der Waals surface area contributed by atoms with Crippen molar-refractivity contribution < 1.29 is 27.9 Å². The highest BCUT2D eigenvalue weighted by Gasteiger charge is 2.30. The molecule has 0 radical (unpaired) electrons. The fourth-order valence-electron chi connectivity index (χ4n) is 3.52. The van der Waals surface area contributed by atoms with Crippen LogP contribution in [0.5, 0.6) is 5.75 Å². The summed E-state index contributed by atoms with van der Waals surface area (Å²) in [4.78, 5) is 29.6. The number of thiazole rings is 1. The molecule has 0 aliphatic rings. The Kier molecular flexibility index (Phi) is 7.45. The molecule has 2 aromatic carbocycles. The van der Waals surface area contributed by atoms with Crippen LogP contribution in [0.2, 0.25) is 0 Å². The monoisotopic (exact) mass is 490 g/mol. The number of amides is 1. The highest BCUT2D eigenvalue weighted by Crippen LogP contribution is 2.36. The van der Waals surface area contributed by atoms with Gasteiger partial charge in [-0.1, -0.05) is 26.0 Å². The molecule has 3 rings (SSSR count). The summed E-state index contributed by atoms with van der Waals surface area (Å²) in [6, 6.07) is 7.78. The van der Waals surface area contributed by atoms with Gasteiger partial charge < -0.3 is 10.4 Å². The van der Waals surface area contributed by atoms with Crippen LogP contribution in [0.15, 0.2) is 36.4 Å².